The van der Waals surface area contributed by atoms with Crippen LogP contribution < -0.4 is 10.1 Å². The smallest absolute Gasteiger partial charge is 0.271 e. The van der Waals surface area contributed by atoms with Gasteiger partial charge in [0, 0.05) is 25.6 Å². The number of carbonyl (C=O) groups excluding carboxylic acids is 1. The van der Waals surface area contributed by atoms with Gasteiger partial charge < -0.3 is 15.0 Å². The third kappa shape index (κ3) is 4.92. The first-order valence-corrected chi connectivity index (χ1v) is 5.73. The molecule has 1 amide bonds. The van der Waals surface area contributed by atoms with Crippen molar-refractivity contribution in [2.45, 2.75) is 6.92 Å². The number of nitro benzene ring substituents is 1. The third-order valence-corrected chi connectivity index (χ3v) is 2.28. The number of amides is 1. The van der Waals surface area contributed by atoms with Crippen molar-refractivity contribution < 1.29 is 14.5 Å². The SMILES string of the molecule is CC(=O)Nc1cc([N+](=O)[O-])ccc1OCCN(C)C. The molecule has 0 spiro atoms. The van der Waals surface area contributed by atoms with E-state index in [2.05, 4.69) is 5.32 Å². The molecule has 7 heteroatoms. The van der Waals surface area contributed by atoms with Crippen molar-refractivity contribution in [3.63, 3.8) is 0 Å². The Hall–Kier alpha value is -2.15. The van der Waals surface area contributed by atoms with Crippen LogP contribution in [0, 0.1) is 10.1 Å². The van der Waals surface area contributed by atoms with Gasteiger partial charge in [0.15, 0.2) is 0 Å². The standard InChI is InChI=1S/C12H17N3O4/c1-9(16)13-11-8-10(15(17)18)4-5-12(11)19-7-6-14(2)3/h4-5,8H,6-7H2,1-3H3,(H,13,16). The molecule has 0 atom stereocenters. The molecule has 0 aromatic heterocycles. The number of ether oxygens (including phenoxy) is 1. The Labute approximate surface area is 111 Å². The predicted molar refractivity (Wildman–Crippen MR) is 71.4 cm³/mol. The number of nitro groups is 1. The van der Waals surface area contributed by atoms with E-state index in [1.54, 1.807) is 0 Å². The predicted octanol–water partition coefficient (Wildman–Crippen LogP) is 1.49. The van der Waals surface area contributed by atoms with Crippen LogP contribution in [0.5, 0.6) is 5.75 Å². The number of nitrogens with one attached hydrogen (secondary N) is 1. The maximum Gasteiger partial charge on any atom is 0.271 e. The molecule has 0 saturated heterocycles. The molecule has 1 rings (SSSR count). The number of nitrogens with zero attached hydrogens (tertiary/aromatic N) is 2. The Morgan fingerprint density at radius 3 is 2.68 bits per heavy atom. The maximum absolute atomic E-state index is 11.1. The lowest BCUT2D eigenvalue weighted by Gasteiger charge is -2.14. The minimum absolute atomic E-state index is 0.0938. The molecule has 0 unspecified atom stereocenters. The molecule has 0 radical (unpaired) electrons. The molecule has 0 heterocycles. The average Bonchev–Trinajstić information content (AvgIpc) is 2.29. The van der Waals surface area contributed by atoms with Crippen molar-refractivity contribution in [1.29, 1.82) is 0 Å². The zero-order valence-corrected chi connectivity index (χ0v) is 11.2. The fourth-order valence-electron chi connectivity index (χ4n) is 1.38. The summed E-state index contributed by atoms with van der Waals surface area (Å²) >= 11 is 0. The Morgan fingerprint density at radius 1 is 1.47 bits per heavy atom. The van der Waals surface area contributed by atoms with Gasteiger partial charge >= 0.3 is 0 Å². The first-order valence-electron chi connectivity index (χ1n) is 5.73. The Morgan fingerprint density at radius 2 is 2.16 bits per heavy atom. The van der Waals surface area contributed by atoms with E-state index in [1.165, 1.54) is 25.1 Å². The van der Waals surface area contributed by atoms with Crippen LogP contribution in [0.3, 0.4) is 0 Å². The molecule has 1 N–H and O–H groups in total. The molecule has 19 heavy (non-hydrogen) atoms. The number of non-ortho nitro benzene ring substituents is 1. The third-order valence-electron chi connectivity index (χ3n) is 2.28. The van der Waals surface area contributed by atoms with Gasteiger partial charge in [-0.1, -0.05) is 0 Å². The van der Waals surface area contributed by atoms with Crippen molar-refractivity contribution >= 4 is 17.3 Å². The van der Waals surface area contributed by atoms with Crippen molar-refractivity contribution in [2.75, 3.05) is 32.6 Å². The van der Waals surface area contributed by atoms with E-state index >= 15 is 0 Å². The average molecular weight is 267 g/mol. The topological polar surface area (TPSA) is 84.7 Å². The van der Waals surface area contributed by atoms with Crippen LogP contribution in [0.15, 0.2) is 18.2 Å². The molecule has 0 fully saturated rings. The Bertz CT molecular complexity index is 474. The second kappa shape index (κ2) is 6.69. The van der Waals surface area contributed by atoms with Gasteiger partial charge in [-0.05, 0) is 20.2 Å². The minimum atomic E-state index is -0.519. The lowest BCUT2D eigenvalue weighted by atomic mass is 10.2. The van der Waals surface area contributed by atoms with E-state index in [9.17, 15) is 14.9 Å². The molecule has 0 bridgehead atoms. The van der Waals surface area contributed by atoms with Gasteiger partial charge in [-0.25, -0.2) is 0 Å². The highest BCUT2D eigenvalue weighted by atomic mass is 16.6. The summed E-state index contributed by atoms with van der Waals surface area (Å²) in [6.07, 6.45) is 0. The molecule has 0 aliphatic rings. The molecular formula is C12H17N3O4. The van der Waals surface area contributed by atoms with Crippen LogP contribution in [0.1, 0.15) is 6.92 Å². The van der Waals surface area contributed by atoms with E-state index in [-0.39, 0.29) is 11.6 Å². The highest BCUT2D eigenvalue weighted by Gasteiger charge is 2.12. The van der Waals surface area contributed by atoms with Gasteiger partial charge in [-0.2, -0.15) is 0 Å². The minimum Gasteiger partial charge on any atom is -0.490 e. The fraction of sp³-hybridized carbons (Fsp3) is 0.417. The van der Waals surface area contributed by atoms with Crippen LogP contribution in [-0.2, 0) is 4.79 Å². The lowest BCUT2D eigenvalue weighted by Crippen LogP contribution is -2.20. The fourth-order valence-corrected chi connectivity index (χ4v) is 1.38. The summed E-state index contributed by atoms with van der Waals surface area (Å²) in [5.74, 6) is 0.112. The van der Waals surface area contributed by atoms with Crippen molar-refractivity contribution in [3.8, 4) is 5.75 Å². The van der Waals surface area contributed by atoms with Crippen molar-refractivity contribution in [3.05, 3.63) is 28.3 Å². The molecule has 104 valence electrons. The summed E-state index contributed by atoms with van der Waals surface area (Å²) in [6.45, 7) is 2.47. The summed E-state index contributed by atoms with van der Waals surface area (Å²) in [7, 11) is 3.82. The van der Waals surface area contributed by atoms with E-state index in [1.807, 2.05) is 19.0 Å². The van der Waals surface area contributed by atoms with E-state index < -0.39 is 4.92 Å². The van der Waals surface area contributed by atoms with E-state index in [0.717, 1.165) is 0 Å². The number of anilines is 1. The molecule has 0 aliphatic carbocycles. The lowest BCUT2D eigenvalue weighted by molar-refractivity contribution is -0.384. The molecular weight excluding hydrogens is 250 g/mol. The van der Waals surface area contributed by atoms with Crippen LogP contribution in [0.2, 0.25) is 0 Å². The van der Waals surface area contributed by atoms with Crippen LogP contribution in [-0.4, -0.2) is 43.0 Å². The first-order chi connectivity index (χ1) is 8.90. The molecule has 7 nitrogen and oxygen atoms in total. The summed E-state index contributed by atoms with van der Waals surface area (Å²) in [4.78, 5) is 23.2. The van der Waals surface area contributed by atoms with Crippen LogP contribution in [0.25, 0.3) is 0 Å². The molecule has 0 aliphatic heterocycles. The number of benzene rings is 1. The van der Waals surface area contributed by atoms with Gasteiger partial charge in [0.25, 0.3) is 5.69 Å². The van der Waals surface area contributed by atoms with Gasteiger partial charge in [0.1, 0.15) is 12.4 Å². The first kappa shape index (κ1) is 14.9. The van der Waals surface area contributed by atoms with Crippen LogP contribution >= 0.6 is 0 Å². The summed E-state index contributed by atoms with van der Waals surface area (Å²) in [5, 5.41) is 13.2. The number of hydrogen-bond acceptors (Lipinski definition) is 5. The van der Waals surface area contributed by atoms with Gasteiger partial charge in [-0.3, -0.25) is 14.9 Å². The number of hydrogen-bond donors (Lipinski definition) is 1. The summed E-state index contributed by atoms with van der Waals surface area (Å²) in [6, 6.07) is 4.11. The Kier molecular flexibility index (Phi) is 5.25. The Balaban J connectivity index is 2.88. The largest absolute Gasteiger partial charge is 0.490 e. The summed E-state index contributed by atoms with van der Waals surface area (Å²) < 4.78 is 5.50. The number of likely N-dealkylation sites (N-methyl/N-ethyl adjacent to an activating group) is 1. The maximum atomic E-state index is 11.1. The van der Waals surface area contributed by atoms with Gasteiger partial charge in [0.2, 0.25) is 5.91 Å². The van der Waals surface area contributed by atoms with Crippen molar-refractivity contribution in [1.82, 2.24) is 4.90 Å². The van der Waals surface area contributed by atoms with E-state index in [0.29, 0.717) is 24.6 Å². The highest BCUT2D eigenvalue weighted by molar-refractivity contribution is 5.90. The molecule has 1 aromatic rings. The highest BCUT2D eigenvalue weighted by Crippen LogP contribution is 2.29. The zero-order valence-electron chi connectivity index (χ0n) is 11.2. The van der Waals surface area contributed by atoms with Crippen molar-refractivity contribution in [2.24, 2.45) is 0 Å². The van der Waals surface area contributed by atoms with Gasteiger partial charge in [0.05, 0.1) is 10.6 Å². The normalized spacial score (nSPS) is 10.3. The molecule has 1 aromatic carbocycles. The number of carbonyl (C=O) groups is 1. The number of rotatable bonds is 6. The second-order valence-electron chi connectivity index (χ2n) is 4.27. The molecule has 0 saturated carbocycles. The zero-order chi connectivity index (χ0) is 14.4. The quantitative estimate of drug-likeness (QED) is 0.623. The van der Waals surface area contributed by atoms with E-state index in [4.69, 9.17) is 4.74 Å². The second-order valence-corrected chi connectivity index (χ2v) is 4.27. The van der Waals surface area contributed by atoms with Crippen LogP contribution in [0.4, 0.5) is 11.4 Å². The summed E-state index contributed by atoms with van der Waals surface area (Å²) in [5.41, 5.74) is 0.212. The monoisotopic (exact) mass is 267 g/mol. The van der Waals surface area contributed by atoms with Gasteiger partial charge in [-0.15, -0.1) is 0 Å².